The second kappa shape index (κ2) is 23.7. The van der Waals surface area contributed by atoms with E-state index in [-0.39, 0.29) is 12.4 Å². The number of ketones is 1. The molecule has 2 aromatic carbocycles. The predicted molar refractivity (Wildman–Crippen MR) is 118 cm³/mol. The molecule has 0 heterocycles. The maximum Gasteiger partial charge on any atom is 0.193 e. The Hall–Kier alpha value is -2.26. The van der Waals surface area contributed by atoms with Crippen molar-refractivity contribution in [2.45, 2.75) is 60.8 Å². The van der Waals surface area contributed by atoms with Crippen LogP contribution in [-0.2, 0) is 11.2 Å². The van der Waals surface area contributed by atoms with Crippen LogP contribution in [0, 0.1) is 0 Å². The van der Waals surface area contributed by atoms with Gasteiger partial charge in [-0.1, -0.05) is 102 Å². The number of hydrogen-bond donors (Lipinski definition) is 1. The van der Waals surface area contributed by atoms with Crippen molar-refractivity contribution in [3.05, 3.63) is 71.3 Å². The van der Waals surface area contributed by atoms with E-state index in [1.54, 1.807) is 6.92 Å². The van der Waals surface area contributed by atoms with Gasteiger partial charge in [0.15, 0.2) is 5.78 Å². The number of hydrogen-bond acceptors (Lipinski definition) is 3. The lowest BCUT2D eigenvalue weighted by Gasteiger charge is -2.02. The molecule has 0 amide bonds. The van der Waals surface area contributed by atoms with Gasteiger partial charge < -0.3 is 9.90 Å². The smallest absolute Gasteiger partial charge is 0.193 e. The van der Waals surface area contributed by atoms with Crippen LogP contribution in [0.2, 0.25) is 0 Å². The molecule has 0 aliphatic rings. The molecule has 3 nitrogen and oxygen atoms in total. The summed E-state index contributed by atoms with van der Waals surface area (Å²) in [6, 6.07) is 17.2. The van der Waals surface area contributed by atoms with Crippen LogP contribution in [0.5, 0.6) is 0 Å². The molecule has 0 bridgehead atoms. The Labute approximate surface area is 166 Å². The summed E-state index contributed by atoms with van der Waals surface area (Å²) in [5, 5.41) is 7.57. The first-order valence-electron chi connectivity index (χ1n) is 9.72. The van der Waals surface area contributed by atoms with Crippen molar-refractivity contribution in [3.63, 3.8) is 0 Å². The first kappa shape index (κ1) is 29.5. The van der Waals surface area contributed by atoms with E-state index in [0.717, 1.165) is 17.5 Å². The number of aliphatic hydroxyl groups excluding tert-OH is 1. The minimum atomic E-state index is 0.0863. The quantitative estimate of drug-likeness (QED) is 0.655. The van der Waals surface area contributed by atoms with Gasteiger partial charge in [0, 0.05) is 17.7 Å². The zero-order valence-corrected chi connectivity index (χ0v) is 18.0. The van der Waals surface area contributed by atoms with E-state index in [1.807, 2.05) is 75.2 Å². The maximum absolute atomic E-state index is 12.0. The van der Waals surface area contributed by atoms with Crippen LogP contribution in [-0.4, -0.2) is 24.3 Å². The molecule has 0 saturated heterocycles. The number of unbranched alkanes of at least 4 members (excludes halogenated alkanes) is 1. The van der Waals surface area contributed by atoms with Gasteiger partial charge in [0.1, 0.15) is 6.79 Å². The molecule has 2 aromatic rings. The van der Waals surface area contributed by atoms with E-state index < -0.39 is 0 Å². The molecular formula is C24H38O3. The first-order chi connectivity index (χ1) is 13.1. The van der Waals surface area contributed by atoms with Gasteiger partial charge in [0.25, 0.3) is 0 Å². The van der Waals surface area contributed by atoms with Crippen molar-refractivity contribution in [2.24, 2.45) is 0 Å². The molecule has 0 fully saturated rings. The fourth-order valence-electron chi connectivity index (χ4n) is 1.65. The Kier molecular flexibility index (Phi) is 25.9. The number of carbonyl (C=O) groups is 2. The Morgan fingerprint density at radius 3 is 1.48 bits per heavy atom. The predicted octanol–water partition coefficient (Wildman–Crippen LogP) is 6.13. The molecule has 152 valence electrons. The average molecular weight is 375 g/mol. The fraction of sp³-hybridized carbons (Fsp3) is 0.417. The number of aryl methyl sites for hydroxylation is 1. The molecule has 0 spiro atoms. The van der Waals surface area contributed by atoms with E-state index in [0.29, 0.717) is 0 Å². The van der Waals surface area contributed by atoms with E-state index in [4.69, 9.17) is 9.90 Å². The molecule has 0 aromatic heterocycles. The molecule has 0 aliphatic carbocycles. The Morgan fingerprint density at radius 1 is 0.778 bits per heavy atom. The van der Waals surface area contributed by atoms with Gasteiger partial charge >= 0.3 is 0 Å². The summed E-state index contributed by atoms with van der Waals surface area (Å²) in [6.45, 7) is 14.4. The van der Waals surface area contributed by atoms with Gasteiger partial charge in [-0.3, -0.25) is 4.79 Å². The van der Waals surface area contributed by atoms with Gasteiger partial charge in [-0.15, -0.1) is 0 Å². The summed E-state index contributed by atoms with van der Waals surface area (Å²) in [4.78, 5) is 20.0. The van der Waals surface area contributed by atoms with Gasteiger partial charge in [0.2, 0.25) is 0 Å². The molecule has 0 atom stereocenters. The van der Waals surface area contributed by atoms with E-state index in [2.05, 4.69) is 20.8 Å². The maximum atomic E-state index is 12.0. The SMILES string of the molecule is C=O.CC.CCCC.CCO.CCc1ccc(C(=O)c2ccccc2)cc1. The van der Waals surface area contributed by atoms with Gasteiger partial charge in [-0.05, 0) is 18.9 Å². The van der Waals surface area contributed by atoms with Crippen LogP contribution in [0.4, 0.5) is 0 Å². The van der Waals surface area contributed by atoms with Crippen molar-refractivity contribution < 1.29 is 14.7 Å². The van der Waals surface area contributed by atoms with Crippen LogP contribution in [0.1, 0.15) is 75.9 Å². The van der Waals surface area contributed by atoms with E-state index >= 15 is 0 Å². The highest BCUT2D eigenvalue weighted by molar-refractivity contribution is 6.08. The van der Waals surface area contributed by atoms with Crippen molar-refractivity contribution in [3.8, 4) is 0 Å². The summed E-state index contributed by atoms with van der Waals surface area (Å²) in [6.07, 6.45) is 3.64. The minimum Gasteiger partial charge on any atom is -0.397 e. The number of benzene rings is 2. The first-order valence-corrected chi connectivity index (χ1v) is 9.72. The van der Waals surface area contributed by atoms with E-state index in [9.17, 15) is 4.79 Å². The number of carbonyl (C=O) groups excluding carboxylic acids is 2. The van der Waals surface area contributed by atoms with E-state index in [1.165, 1.54) is 18.4 Å². The molecule has 3 heteroatoms. The van der Waals surface area contributed by atoms with Crippen molar-refractivity contribution in [2.75, 3.05) is 6.61 Å². The van der Waals surface area contributed by atoms with Crippen molar-refractivity contribution in [1.82, 2.24) is 0 Å². The standard InChI is InChI=1S/C15H14O.C4H10.C2H6O.C2H6.CH2O/c1-2-12-8-10-14(11-9-12)15(16)13-6-4-3-5-7-13;1-3-4-2;1-2-3;2*1-2/h3-11H,2H2,1H3;3-4H2,1-2H3;3H,2H2,1H3;1-2H3;1H2. The lowest BCUT2D eigenvalue weighted by Crippen LogP contribution is -2.00. The zero-order valence-electron chi connectivity index (χ0n) is 18.0. The monoisotopic (exact) mass is 374 g/mol. The Morgan fingerprint density at radius 2 is 1.15 bits per heavy atom. The molecular weight excluding hydrogens is 336 g/mol. The molecule has 2 rings (SSSR count). The summed E-state index contributed by atoms with van der Waals surface area (Å²) < 4.78 is 0. The lowest BCUT2D eigenvalue weighted by atomic mass is 10.0. The number of rotatable bonds is 4. The molecule has 0 aliphatic heterocycles. The highest BCUT2D eigenvalue weighted by Crippen LogP contribution is 2.11. The largest absolute Gasteiger partial charge is 0.397 e. The minimum absolute atomic E-state index is 0.0863. The molecule has 27 heavy (non-hydrogen) atoms. The third-order valence-electron chi connectivity index (χ3n) is 3.16. The summed E-state index contributed by atoms with van der Waals surface area (Å²) in [5.41, 5.74) is 2.75. The van der Waals surface area contributed by atoms with Crippen LogP contribution >= 0.6 is 0 Å². The molecule has 0 unspecified atom stereocenters. The third kappa shape index (κ3) is 15.7. The third-order valence-corrected chi connectivity index (χ3v) is 3.16. The summed E-state index contributed by atoms with van der Waals surface area (Å²) in [5.74, 6) is 0.0863. The van der Waals surface area contributed by atoms with Crippen LogP contribution < -0.4 is 0 Å². The highest BCUT2D eigenvalue weighted by Gasteiger charge is 2.07. The summed E-state index contributed by atoms with van der Waals surface area (Å²) >= 11 is 0. The lowest BCUT2D eigenvalue weighted by molar-refractivity contribution is -0.0980. The Bertz CT molecular complexity index is 531. The van der Waals surface area contributed by atoms with Gasteiger partial charge in [-0.25, -0.2) is 0 Å². The average Bonchev–Trinajstić information content (AvgIpc) is 2.77. The van der Waals surface area contributed by atoms with Crippen molar-refractivity contribution in [1.29, 1.82) is 0 Å². The topological polar surface area (TPSA) is 54.4 Å². The second-order valence-electron chi connectivity index (χ2n) is 5.06. The zero-order chi connectivity index (χ0) is 21.5. The molecule has 1 N–H and O–H groups in total. The van der Waals surface area contributed by atoms with Crippen LogP contribution in [0.15, 0.2) is 54.6 Å². The fourth-order valence-corrected chi connectivity index (χ4v) is 1.65. The summed E-state index contributed by atoms with van der Waals surface area (Å²) in [7, 11) is 0. The highest BCUT2D eigenvalue weighted by atomic mass is 16.2. The van der Waals surface area contributed by atoms with Crippen molar-refractivity contribution >= 4 is 12.6 Å². The Balaban J connectivity index is -0.000000441. The van der Waals surface area contributed by atoms with Crippen LogP contribution in [0.25, 0.3) is 0 Å². The normalized spacial score (nSPS) is 8.11. The van der Waals surface area contributed by atoms with Gasteiger partial charge in [-0.2, -0.15) is 0 Å². The molecule has 0 saturated carbocycles. The second-order valence-corrected chi connectivity index (χ2v) is 5.06. The van der Waals surface area contributed by atoms with Gasteiger partial charge in [0.05, 0.1) is 0 Å². The number of aliphatic hydroxyl groups is 1. The van der Waals surface area contributed by atoms with Crippen LogP contribution in [0.3, 0.4) is 0 Å². The molecule has 0 radical (unpaired) electrons.